The molecular weight excluding hydrogens is 594 g/mol. The van der Waals surface area contributed by atoms with E-state index in [0.717, 1.165) is 67.9 Å². The van der Waals surface area contributed by atoms with E-state index in [0.29, 0.717) is 44.9 Å². The predicted octanol–water partition coefficient (Wildman–Crippen LogP) is 4.54. The first-order valence-electron chi connectivity index (χ1n) is 16.4. The Bertz CT molecular complexity index is 1440. The molecule has 1 aromatic carbocycles. The van der Waals surface area contributed by atoms with E-state index in [4.69, 9.17) is 14.5 Å². The van der Waals surface area contributed by atoms with E-state index in [9.17, 15) is 18.0 Å². The van der Waals surface area contributed by atoms with Gasteiger partial charge in [0.05, 0.1) is 18.3 Å². The van der Waals surface area contributed by atoms with Crippen molar-refractivity contribution in [1.29, 1.82) is 0 Å². The summed E-state index contributed by atoms with van der Waals surface area (Å²) in [5, 5.41) is 3.51. The van der Waals surface area contributed by atoms with E-state index in [1.165, 1.54) is 6.26 Å². The Morgan fingerprint density at radius 3 is 2.53 bits per heavy atom. The minimum absolute atomic E-state index is 0.0263. The van der Waals surface area contributed by atoms with Gasteiger partial charge < -0.3 is 24.6 Å². The predicted molar refractivity (Wildman–Crippen MR) is 174 cm³/mol. The van der Waals surface area contributed by atoms with Crippen molar-refractivity contribution in [3.8, 4) is 5.75 Å². The van der Waals surface area contributed by atoms with E-state index in [2.05, 4.69) is 21.3 Å². The number of sulfone groups is 1. The van der Waals surface area contributed by atoms with Gasteiger partial charge in [0.15, 0.2) is 0 Å². The molecule has 5 rings (SSSR count). The van der Waals surface area contributed by atoms with Gasteiger partial charge in [0.2, 0.25) is 11.9 Å². The van der Waals surface area contributed by atoms with Gasteiger partial charge in [-0.15, -0.1) is 0 Å². The van der Waals surface area contributed by atoms with Gasteiger partial charge in [-0.2, -0.15) is 4.98 Å². The second-order valence-electron chi connectivity index (χ2n) is 12.7. The highest BCUT2D eigenvalue weighted by Gasteiger charge is 2.33. The van der Waals surface area contributed by atoms with Crippen molar-refractivity contribution in [3.63, 3.8) is 0 Å². The Labute approximate surface area is 267 Å². The number of nitrogens with one attached hydrogen (secondary N) is 1. The fraction of sp³-hybridized carbons (Fsp3) is 0.636. The van der Waals surface area contributed by atoms with Crippen LogP contribution in [0.1, 0.15) is 70.8 Å². The third-order valence-electron chi connectivity index (χ3n) is 9.28. The number of carbonyl (C=O) groups excluding carboxylic acids is 2. The molecule has 2 aliphatic heterocycles. The van der Waals surface area contributed by atoms with Gasteiger partial charge in [0.1, 0.15) is 27.5 Å². The van der Waals surface area contributed by atoms with Crippen LogP contribution in [0, 0.1) is 11.8 Å². The Morgan fingerprint density at radius 2 is 1.82 bits per heavy atom. The summed E-state index contributed by atoms with van der Waals surface area (Å²) in [6.07, 6.45) is 9.78. The van der Waals surface area contributed by atoms with Crippen LogP contribution in [0.25, 0.3) is 0 Å². The fourth-order valence-electron chi connectivity index (χ4n) is 6.41. The zero-order chi connectivity index (χ0) is 32.0. The molecule has 1 saturated carbocycles. The van der Waals surface area contributed by atoms with E-state index >= 15 is 0 Å². The summed E-state index contributed by atoms with van der Waals surface area (Å²) >= 11 is 0. The number of anilines is 3. The first-order chi connectivity index (χ1) is 21.6. The van der Waals surface area contributed by atoms with E-state index in [-0.39, 0.29) is 41.6 Å². The molecule has 2 fully saturated rings. The van der Waals surface area contributed by atoms with Crippen LogP contribution in [0.2, 0.25) is 0 Å². The minimum Gasteiger partial charge on any atom is -0.493 e. The number of hydrogen-bond donors (Lipinski definition) is 1. The second-order valence-corrected chi connectivity index (χ2v) is 14.9. The van der Waals surface area contributed by atoms with E-state index < -0.39 is 9.84 Å². The number of likely N-dealkylation sites (tertiary alicyclic amines) is 1. The van der Waals surface area contributed by atoms with Crippen molar-refractivity contribution in [1.82, 2.24) is 14.9 Å². The number of aromatic nitrogens is 2. The van der Waals surface area contributed by atoms with Crippen LogP contribution in [-0.4, -0.2) is 85.6 Å². The lowest BCUT2D eigenvalue weighted by Crippen LogP contribution is -2.45. The van der Waals surface area contributed by atoms with Crippen LogP contribution in [0.15, 0.2) is 30.5 Å². The molecule has 1 saturated heterocycles. The van der Waals surface area contributed by atoms with Gasteiger partial charge in [-0.05, 0) is 63.1 Å². The number of esters is 1. The molecule has 0 unspecified atom stereocenters. The van der Waals surface area contributed by atoms with Crippen LogP contribution in [-0.2, 0) is 30.6 Å². The number of fused-ring (bicyclic) bond motifs is 1. The number of carbonyl (C=O) groups is 2. The lowest BCUT2D eigenvalue weighted by atomic mass is 9.85. The van der Waals surface area contributed by atoms with Crippen LogP contribution in [0.4, 0.5) is 17.5 Å². The number of hydrogen-bond acceptors (Lipinski definition) is 10. The fourth-order valence-corrected chi connectivity index (χ4v) is 7.06. The van der Waals surface area contributed by atoms with Gasteiger partial charge in [-0.1, -0.05) is 19.9 Å². The smallest absolute Gasteiger partial charge is 0.308 e. The summed E-state index contributed by atoms with van der Waals surface area (Å²) in [7, 11) is -3.01. The highest BCUT2D eigenvalue weighted by atomic mass is 32.2. The monoisotopic (exact) mass is 641 g/mol. The maximum absolute atomic E-state index is 13.3. The van der Waals surface area contributed by atoms with Crippen LogP contribution in [0.5, 0.6) is 5.75 Å². The van der Waals surface area contributed by atoms with Gasteiger partial charge in [0.25, 0.3) is 0 Å². The Morgan fingerprint density at radius 1 is 1.07 bits per heavy atom. The normalized spacial score (nSPS) is 21.2. The molecule has 1 N–H and O–H groups in total. The van der Waals surface area contributed by atoms with Crippen molar-refractivity contribution in [2.75, 3.05) is 48.5 Å². The third-order valence-corrected chi connectivity index (χ3v) is 10.3. The molecule has 0 spiro atoms. The Balaban J connectivity index is 1.10. The lowest BCUT2D eigenvalue weighted by Gasteiger charge is -2.36. The maximum Gasteiger partial charge on any atom is 0.308 e. The summed E-state index contributed by atoms with van der Waals surface area (Å²) in [5.41, 5.74) is 2.14. The van der Waals surface area contributed by atoms with E-state index in [1.54, 1.807) is 6.20 Å². The lowest BCUT2D eigenvalue weighted by molar-refractivity contribution is -0.156. The summed E-state index contributed by atoms with van der Waals surface area (Å²) in [6.45, 7) is 6.29. The molecule has 0 bridgehead atoms. The van der Waals surface area contributed by atoms with Crippen molar-refractivity contribution >= 4 is 39.2 Å². The molecule has 1 atom stereocenters. The number of benzene rings is 1. The third kappa shape index (κ3) is 8.65. The minimum atomic E-state index is -3.01. The van der Waals surface area contributed by atoms with Gasteiger partial charge >= 0.3 is 5.97 Å². The zero-order valence-corrected chi connectivity index (χ0v) is 27.6. The first kappa shape index (κ1) is 33.0. The topological polar surface area (TPSA) is 131 Å². The van der Waals surface area contributed by atoms with Crippen LogP contribution in [0.3, 0.4) is 0 Å². The highest BCUT2D eigenvalue weighted by Crippen LogP contribution is 2.39. The molecule has 3 aliphatic rings. The Hall–Kier alpha value is -3.41. The largest absolute Gasteiger partial charge is 0.493 e. The molecule has 0 radical (unpaired) electrons. The molecule has 11 nitrogen and oxygen atoms in total. The Kier molecular flexibility index (Phi) is 10.8. The standard InChI is InChI=1S/C33H47N5O6S/c1-4-23(2)32(40)44-26-14-18-37(19-15-26)31(39)24-9-11-25(12-10-24)35-33-34-17-13-30(36-33)38-20-16-27-28(38)7-5-8-29(27)43-21-6-22-45(3,41)42/h5,7-8,13,17,23-26H,4,6,9-12,14-16,18-22H2,1-3H3,(H,34,35,36)/t23-,24?,25?/m1/s1. The van der Waals surface area contributed by atoms with Crippen LogP contribution < -0.4 is 15.0 Å². The average Bonchev–Trinajstić information content (AvgIpc) is 3.48. The number of piperidine rings is 1. The summed E-state index contributed by atoms with van der Waals surface area (Å²) in [5.74, 6) is 2.33. The average molecular weight is 642 g/mol. The zero-order valence-electron chi connectivity index (χ0n) is 26.7. The molecule has 12 heteroatoms. The molecule has 2 aromatic rings. The van der Waals surface area contributed by atoms with Crippen molar-refractivity contribution in [3.05, 3.63) is 36.0 Å². The van der Waals surface area contributed by atoms with Crippen LogP contribution >= 0.6 is 0 Å². The molecule has 3 heterocycles. The SMILES string of the molecule is CC[C@@H](C)C(=O)OC1CCN(C(=O)C2CCC(Nc3nccc(N4CCc5c(OCCCS(C)(=O)=O)cccc54)n3)CC2)CC1. The quantitative estimate of drug-likeness (QED) is 0.260. The number of nitrogens with zero attached hydrogens (tertiary/aromatic N) is 4. The number of amides is 1. The molecule has 1 aliphatic carbocycles. The highest BCUT2D eigenvalue weighted by molar-refractivity contribution is 7.90. The number of ether oxygens (including phenoxy) is 2. The van der Waals surface area contributed by atoms with Crippen molar-refractivity contribution in [2.45, 2.75) is 83.8 Å². The van der Waals surface area contributed by atoms with Gasteiger partial charge in [0, 0.05) is 68.1 Å². The second kappa shape index (κ2) is 14.8. The summed E-state index contributed by atoms with van der Waals surface area (Å²) < 4.78 is 34.5. The maximum atomic E-state index is 13.3. The summed E-state index contributed by atoms with van der Waals surface area (Å²) in [4.78, 5) is 38.8. The number of rotatable bonds is 12. The molecule has 1 aromatic heterocycles. The summed E-state index contributed by atoms with van der Waals surface area (Å²) in [6, 6.07) is 8.05. The molecule has 45 heavy (non-hydrogen) atoms. The molecular formula is C33H47N5O6S. The molecule has 1 amide bonds. The molecule has 246 valence electrons. The first-order valence-corrected chi connectivity index (χ1v) is 18.5. The van der Waals surface area contributed by atoms with Crippen molar-refractivity contribution < 1.29 is 27.5 Å². The van der Waals surface area contributed by atoms with Gasteiger partial charge in [-0.25, -0.2) is 13.4 Å². The van der Waals surface area contributed by atoms with Gasteiger partial charge in [-0.3, -0.25) is 9.59 Å². The van der Waals surface area contributed by atoms with Crippen molar-refractivity contribution in [2.24, 2.45) is 11.8 Å². The van der Waals surface area contributed by atoms with E-state index in [1.807, 2.05) is 36.9 Å².